The number of phenols is 1. The van der Waals surface area contributed by atoms with Crippen molar-refractivity contribution in [2.75, 3.05) is 32.8 Å². The number of halogens is 3. The Morgan fingerprint density at radius 1 is 1.10 bits per heavy atom. The zero-order chi connectivity index (χ0) is 28.7. The summed E-state index contributed by atoms with van der Waals surface area (Å²) in [5.41, 5.74) is -1.29. The molecule has 1 N–H and O–H groups in total. The highest BCUT2D eigenvalue weighted by molar-refractivity contribution is 5.97. The molecule has 1 atom stereocenters. The minimum atomic E-state index is -4.73. The van der Waals surface area contributed by atoms with Gasteiger partial charge in [0.1, 0.15) is 23.9 Å². The Kier molecular flexibility index (Phi) is 6.73. The van der Waals surface area contributed by atoms with Crippen LogP contribution in [0.2, 0.25) is 0 Å². The van der Waals surface area contributed by atoms with Gasteiger partial charge in [-0.25, -0.2) is 9.97 Å². The number of fused-ring (bicyclic) bond motifs is 1. The highest BCUT2D eigenvalue weighted by atomic mass is 19.4. The molecule has 4 aromatic rings. The van der Waals surface area contributed by atoms with Gasteiger partial charge in [0.25, 0.3) is 17.7 Å². The summed E-state index contributed by atoms with van der Waals surface area (Å²) in [4.78, 5) is 37.2. The predicted octanol–water partition coefficient (Wildman–Crippen LogP) is 3.36. The van der Waals surface area contributed by atoms with Crippen molar-refractivity contribution in [3.63, 3.8) is 0 Å². The molecule has 0 radical (unpaired) electrons. The molecule has 2 saturated heterocycles. The lowest BCUT2D eigenvalue weighted by Gasteiger charge is -2.35. The Morgan fingerprint density at radius 2 is 1.88 bits per heavy atom. The normalized spacial score (nSPS) is 17.8. The summed E-state index contributed by atoms with van der Waals surface area (Å²) in [6, 6.07) is 4.10. The number of aromatic nitrogens is 4. The Morgan fingerprint density at radius 3 is 2.59 bits per heavy atom. The van der Waals surface area contributed by atoms with Gasteiger partial charge < -0.3 is 28.9 Å². The monoisotopic (exact) mass is 572 g/mol. The molecule has 1 aromatic carbocycles. The number of benzene rings is 1. The summed E-state index contributed by atoms with van der Waals surface area (Å²) in [5, 5.41) is 13.7. The Labute approximate surface area is 229 Å². The number of hydrogen-bond acceptors (Lipinski definition) is 9. The Balaban J connectivity index is 1.16. The van der Waals surface area contributed by atoms with Gasteiger partial charge in [0.05, 0.1) is 23.0 Å². The smallest absolute Gasteiger partial charge is 0.437 e. The van der Waals surface area contributed by atoms with E-state index in [1.807, 2.05) is 0 Å². The Bertz CT molecular complexity index is 1600. The number of imidazole rings is 1. The first-order valence-corrected chi connectivity index (χ1v) is 12.8. The van der Waals surface area contributed by atoms with Crippen LogP contribution < -0.4 is 4.74 Å². The molecular weight excluding hydrogens is 549 g/mol. The van der Waals surface area contributed by atoms with Gasteiger partial charge in [-0.3, -0.25) is 14.0 Å². The number of carbonyl (C=O) groups is 2. The van der Waals surface area contributed by atoms with Crippen molar-refractivity contribution in [2.24, 2.45) is 0 Å². The van der Waals surface area contributed by atoms with Crippen LogP contribution in [-0.2, 0) is 15.7 Å². The first-order chi connectivity index (χ1) is 19.7. The maximum absolute atomic E-state index is 13.3. The molecule has 2 amide bonds. The van der Waals surface area contributed by atoms with Crippen LogP contribution in [0.1, 0.15) is 28.9 Å². The lowest BCUT2D eigenvalue weighted by molar-refractivity contribution is -0.143. The molecule has 214 valence electrons. The minimum Gasteiger partial charge on any atom is -0.507 e. The molecule has 2 aliphatic heterocycles. The maximum atomic E-state index is 13.3. The van der Waals surface area contributed by atoms with E-state index in [-0.39, 0.29) is 45.8 Å². The number of piperazine rings is 1. The van der Waals surface area contributed by atoms with Crippen LogP contribution >= 0.6 is 0 Å². The van der Waals surface area contributed by atoms with E-state index in [0.717, 1.165) is 12.7 Å². The molecule has 3 aromatic heterocycles. The first kappa shape index (κ1) is 26.6. The van der Waals surface area contributed by atoms with Crippen LogP contribution in [0, 0.1) is 0 Å². The van der Waals surface area contributed by atoms with Crippen molar-refractivity contribution in [3.8, 4) is 28.6 Å². The Hall–Kier alpha value is -4.66. The van der Waals surface area contributed by atoms with Gasteiger partial charge in [0.2, 0.25) is 5.65 Å². The number of aromatic hydroxyl groups is 1. The number of nitrogens with zero attached hydrogens (tertiary/aromatic N) is 6. The third kappa shape index (κ3) is 5.03. The summed E-state index contributed by atoms with van der Waals surface area (Å²) in [7, 11) is 0. The van der Waals surface area contributed by atoms with E-state index < -0.39 is 23.9 Å². The van der Waals surface area contributed by atoms with E-state index in [4.69, 9.17) is 9.47 Å². The van der Waals surface area contributed by atoms with E-state index >= 15 is 0 Å². The fourth-order valence-electron chi connectivity index (χ4n) is 4.93. The van der Waals surface area contributed by atoms with Crippen LogP contribution in [0.25, 0.3) is 16.9 Å². The molecule has 0 aliphatic carbocycles. The quantitative estimate of drug-likeness (QED) is 0.382. The summed E-state index contributed by atoms with van der Waals surface area (Å²) in [6.45, 7) is 1.94. The van der Waals surface area contributed by atoms with Crippen LogP contribution in [-0.4, -0.2) is 85.1 Å². The number of ether oxygens (including phenoxy) is 2. The zero-order valence-corrected chi connectivity index (χ0v) is 21.4. The maximum Gasteiger partial charge on any atom is 0.437 e. The van der Waals surface area contributed by atoms with Gasteiger partial charge in [-0.2, -0.15) is 13.2 Å². The minimum absolute atomic E-state index is 0.0470. The standard InChI is InChI=1S/C26H23F3N6O6/c27-26(28,29)21-17(14-40-32-21)18-13-31-22-23(30-5-6-35(18)22)41-15-3-4-16(19(36)12-15)24(37)33-7-9-34(10-8-33)25(38)20-2-1-11-39-20/h3-6,12-14,20,36H,1-2,7-11H2/t20-/m0/s1. The average Bonchev–Trinajstić information content (AvgIpc) is 3.73. The van der Waals surface area contributed by atoms with Crippen LogP contribution in [0.4, 0.5) is 13.2 Å². The average molecular weight is 572 g/mol. The van der Waals surface area contributed by atoms with Gasteiger partial charge in [-0.15, -0.1) is 0 Å². The predicted molar refractivity (Wildman–Crippen MR) is 133 cm³/mol. The van der Waals surface area contributed by atoms with Gasteiger partial charge in [0.15, 0.2) is 5.69 Å². The highest BCUT2D eigenvalue weighted by Crippen LogP contribution is 2.37. The van der Waals surface area contributed by atoms with Crippen LogP contribution in [0.3, 0.4) is 0 Å². The zero-order valence-electron chi connectivity index (χ0n) is 21.4. The van der Waals surface area contributed by atoms with Crippen molar-refractivity contribution >= 4 is 17.5 Å². The number of alkyl halides is 3. The molecule has 6 rings (SSSR count). The second kappa shape index (κ2) is 10.4. The number of rotatable bonds is 5. The molecule has 2 aliphatic rings. The lowest BCUT2D eigenvalue weighted by atomic mass is 10.1. The van der Waals surface area contributed by atoms with E-state index in [2.05, 4.69) is 19.6 Å². The summed E-state index contributed by atoms with van der Waals surface area (Å²) in [6.07, 6.45) is 1.22. The van der Waals surface area contributed by atoms with Crippen LogP contribution in [0.15, 0.2) is 47.6 Å². The van der Waals surface area contributed by atoms with E-state index in [9.17, 15) is 27.9 Å². The number of hydrogen-bond donors (Lipinski definition) is 1. The van der Waals surface area contributed by atoms with Crippen molar-refractivity contribution in [1.82, 2.24) is 29.3 Å². The lowest BCUT2D eigenvalue weighted by Crippen LogP contribution is -2.52. The molecule has 15 heteroatoms. The second-order valence-electron chi connectivity index (χ2n) is 9.54. The third-order valence-electron chi connectivity index (χ3n) is 7.01. The largest absolute Gasteiger partial charge is 0.507 e. The first-order valence-electron chi connectivity index (χ1n) is 12.8. The molecule has 5 heterocycles. The molecule has 0 saturated carbocycles. The molecule has 12 nitrogen and oxygen atoms in total. The highest BCUT2D eigenvalue weighted by Gasteiger charge is 2.39. The summed E-state index contributed by atoms with van der Waals surface area (Å²) < 4.78 is 57.1. The number of amides is 2. The fraction of sp³-hybridized carbons (Fsp3) is 0.346. The number of phenolic OH excluding ortho intramolecular Hbond substituents is 1. The molecule has 0 spiro atoms. The third-order valence-corrected chi connectivity index (χ3v) is 7.01. The second-order valence-corrected chi connectivity index (χ2v) is 9.54. The SMILES string of the molecule is O=C(c1ccc(Oc2nccn3c(-c4conc4C(F)(F)F)cnc23)cc1O)N1CCN(C(=O)[C@@H]2CCCO2)CC1. The van der Waals surface area contributed by atoms with Gasteiger partial charge in [-0.05, 0) is 25.0 Å². The molecule has 0 unspecified atom stereocenters. The van der Waals surface area contributed by atoms with Crippen LogP contribution in [0.5, 0.6) is 17.4 Å². The van der Waals surface area contributed by atoms with E-state index in [0.29, 0.717) is 39.2 Å². The van der Waals surface area contributed by atoms with Crippen molar-refractivity contribution < 1.29 is 41.9 Å². The van der Waals surface area contributed by atoms with Crippen molar-refractivity contribution in [1.29, 1.82) is 0 Å². The molecule has 0 bridgehead atoms. The summed E-state index contributed by atoms with van der Waals surface area (Å²) in [5.74, 6) is -0.716. The molecule has 2 fully saturated rings. The molecular formula is C26H23F3N6O6. The number of carbonyl (C=O) groups excluding carboxylic acids is 2. The summed E-state index contributed by atoms with van der Waals surface area (Å²) >= 11 is 0. The van der Waals surface area contributed by atoms with Gasteiger partial charge in [-0.1, -0.05) is 5.16 Å². The topological polar surface area (TPSA) is 136 Å². The van der Waals surface area contributed by atoms with E-state index in [1.54, 1.807) is 9.80 Å². The van der Waals surface area contributed by atoms with E-state index in [1.165, 1.54) is 41.2 Å². The fourth-order valence-corrected chi connectivity index (χ4v) is 4.93. The van der Waals surface area contributed by atoms with Crippen molar-refractivity contribution in [3.05, 3.63) is 54.3 Å². The molecule has 41 heavy (non-hydrogen) atoms. The van der Waals surface area contributed by atoms with Crippen molar-refractivity contribution in [2.45, 2.75) is 25.1 Å². The van der Waals surface area contributed by atoms with Gasteiger partial charge in [0, 0.05) is 51.2 Å². The van der Waals surface area contributed by atoms with Gasteiger partial charge >= 0.3 is 6.18 Å².